The normalized spacial score (nSPS) is 15.7. The van der Waals surface area contributed by atoms with E-state index in [0.717, 1.165) is 4.90 Å². The van der Waals surface area contributed by atoms with Crippen molar-refractivity contribution in [3.05, 3.63) is 35.4 Å². The van der Waals surface area contributed by atoms with Gasteiger partial charge in [0.15, 0.2) is 0 Å². The van der Waals surface area contributed by atoms with Crippen LogP contribution in [0.4, 0.5) is 0 Å². The van der Waals surface area contributed by atoms with Crippen molar-refractivity contribution in [3.8, 4) is 0 Å². The van der Waals surface area contributed by atoms with Crippen LogP contribution in [0.5, 0.6) is 0 Å². The van der Waals surface area contributed by atoms with E-state index in [0.29, 0.717) is 11.1 Å². The highest BCUT2D eigenvalue weighted by Crippen LogP contribution is 2.23. The van der Waals surface area contributed by atoms with Crippen LogP contribution in [0.3, 0.4) is 0 Å². The van der Waals surface area contributed by atoms with Gasteiger partial charge in [-0.1, -0.05) is 28.1 Å². The number of carbonyl (C=O) groups excluding carboxylic acids is 3. The second kappa shape index (κ2) is 4.89. The highest BCUT2D eigenvalue weighted by atomic mass is 79.9. The molecule has 1 heterocycles. The third kappa shape index (κ3) is 2.15. The van der Waals surface area contributed by atoms with Gasteiger partial charge in [0.05, 0.1) is 21.9 Å². The first kappa shape index (κ1) is 12.8. The summed E-state index contributed by atoms with van der Waals surface area (Å²) in [5, 5.41) is 10.5. The number of alkyl halides is 1. The van der Waals surface area contributed by atoms with Crippen molar-refractivity contribution >= 4 is 33.7 Å². The summed E-state index contributed by atoms with van der Waals surface area (Å²) in [6, 6.07) is 6.53. The molecule has 1 atom stereocenters. The molecule has 0 unspecified atom stereocenters. The SMILES string of the molecule is O=C([O-])[C@H](Br)CCN1C(=O)c2ccccc2C1=O. The minimum absolute atomic E-state index is 0.0518. The zero-order valence-corrected chi connectivity index (χ0v) is 10.8. The Hall–Kier alpha value is -1.69. The Morgan fingerprint density at radius 2 is 1.72 bits per heavy atom. The average Bonchev–Trinajstić information content (AvgIpc) is 2.60. The zero-order chi connectivity index (χ0) is 13.3. The average molecular weight is 311 g/mol. The summed E-state index contributed by atoms with van der Waals surface area (Å²) in [5.41, 5.74) is 0.726. The van der Waals surface area contributed by atoms with Crippen LogP contribution >= 0.6 is 15.9 Å². The number of hydrogen-bond donors (Lipinski definition) is 0. The lowest BCUT2D eigenvalue weighted by atomic mass is 10.1. The second-order valence-electron chi connectivity index (χ2n) is 3.88. The Balaban J connectivity index is 2.12. The van der Waals surface area contributed by atoms with Crippen LogP contribution in [0.15, 0.2) is 24.3 Å². The lowest BCUT2D eigenvalue weighted by molar-refractivity contribution is -0.304. The standard InChI is InChI=1S/C12H10BrNO4/c13-9(12(17)18)5-6-14-10(15)7-3-1-2-4-8(7)11(14)16/h1-4,9H,5-6H2,(H,17,18)/p-1/t9-/m1/s1. The van der Waals surface area contributed by atoms with Gasteiger partial charge in [-0.3, -0.25) is 14.5 Å². The maximum Gasteiger partial charge on any atom is 0.261 e. The number of carbonyl (C=O) groups is 3. The predicted molar refractivity (Wildman–Crippen MR) is 64.1 cm³/mol. The quantitative estimate of drug-likeness (QED) is 0.587. The monoisotopic (exact) mass is 310 g/mol. The van der Waals surface area contributed by atoms with E-state index in [2.05, 4.69) is 15.9 Å². The number of nitrogens with zero attached hydrogens (tertiary/aromatic N) is 1. The molecule has 0 spiro atoms. The first-order valence-electron chi connectivity index (χ1n) is 5.32. The summed E-state index contributed by atoms with van der Waals surface area (Å²) in [5.74, 6) is -2.02. The Morgan fingerprint density at radius 1 is 1.22 bits per heavy atom. The molecule has 0 saturated heterocycles. The minimum Gasteiger partial charge on any atom is -0.549 e. The number of benzene rings is 1. The van der Waals surface area contributed by atoms with Crippen molar-refractivity contribution in [2.24, 2.45) is 0 Å². The van der Waals surface area contributed by atoms with Gasteiger partial charge in [0.2, 0.25) is 0 Å². The van der Waals surface area contributed by atoms with Gasteiger partial charge < -0.3 is 9.90 Å². The number of rotatable bonds is 4. The molecule has 5 nitrogen and oxygen atoms in total. The fourth-order valence-corrected chi connectivity index (χ4v) is 2.01. The first-order valence-corrected chi connectivity index (χ1v) is 6.24. The summed E-state index contributed by atoms with van der Waals surface area (Å²) < 4.78 is 0. The molecule has 0 fully saturated rings. The van der Waals surface area contributed by atoms with Crippen LogP contribution in [0.2, 0.25) is 0 Å². The lowest BCUT2D eigenvalue weighted by Gasteiger charge is -2.16. The van der Waals surface area contributed by atoms with Gasteiger partial charge in [-0.25, -0.2) is 0 Å². The van der Waals surface area contributed by atoms with Gasteiger partial charge in [0.25, 0.3) is 11.8 Å². The van der Waals surface area contributed by atoms with Crippen LogP contribution in [-0.2, 0) is 4.79 Å². The molecule has 1 aromatic rings. The van der Waals surface area contributed by atoms with Crippen LogP contribution in [0.1, 0.15) is 27.1 Å². The molecule has 1 aliphatic heterocycles. The Kier molecular flexibility index (Phi) is 3.47. The van der Waals surface area contributed by atoms with Gasteiger partial charge in [-0.2, -0.15) is 0 Å². The maximum atomic E-state index is 11.9. The zero-order valence-electron chi connectivity index (χ0n) is 9.26. The van der Waals surface area contributed by atoms with Gasteiger partial charge >= 0.3 is 0 Å². The van der Waals surface area contributed by atoms with E-state index in [4.69, 9.17) is 0 Å². The van der Waals surface area contributed by atoms with Crippen molar-refractivity contribution in [1.82, 2.24) is 4.90 Å². The van der Waals surface area contributed by atoms with Crippen LogP contribution in [-0.4, -0.2) is 34.1 Å². The minimum atomic E-state index is -1.26. The number of aliphatic carboxylic acids is 1. The molecule has 18 heavy (non-hydrogen) atoms. The van der Waals surface area contributed by atoms with Crippen molar-refractivity contribution in [1.29, 1.82) is 0 Å². The number of fused-ring (bicyclic) bond motifs is 1. The summed E-state index contributed by atoms with van der Waals surface area (Å²) in [6.07, 6.45) is 0.119. The molecule has 2 amide bonds. The van der Waals surface area contributed by atoms with E-state index in [-0.39, 0.29) is 24.8 Å². The molecule has 0 bridgehead atoms. The van der Waals surface area contributed by atoms with Gasteiger partial charge in [0, 0.05) is 6.54 Å². The van der Waals surface area contributed by atoms with E-state index in [1.54, 1.807) is 24.3 Å². The summed E-state index contributed by atoms with van der Waals surface area (Å²) in [7, 11) is 0. The molecule has 6 heteroatoms. The van der Waals surface area contributed by atoms with Crippen molar-refractivity contribution < 1.29 is 19.5 Å². The summed E-state index contributed by atoms with van der Waals surface area (Å²) >= 11 is 2.91. The molecule has 0 aromatic heterocycles. The molecule has 1 aliphatic rings. The number of carboxylic acids is 1. The Bertz CT molecular complexity index is 494. The van der Waals surface area contributed by atoms with Crippen LogP contribution in [0.25, 0.3) is 0 Å². The molecular weight excluding hydrogens is 302 g/mol. The number of halogens is 1. The second-order valence-corrected chi connectivity index (χ2v) is 4.99. The van der Waals surface area contributed by atoms with E-state index < -0.39 is 10.8 Å². The molecule has 0 N–H and O–H groups in total. The predicted octanol–water partition coefficient (Wildman–Crippen LogP) is 0.186. The maximum absolute atomic E-state index is 11.9. The third-order valence-electron chi connectivity index (χ3n) is 2.74. The van der Waals surface area contributed by atoms with E-state index in [1.165, 1.54) is 0 Å². The van der Waals surface area contributed by atoms with Crippen LogP contribution < -0.4 is 5.11 Å². The molecular formula is C12H9BrNO4-. The molecule has 2 rings (SSSR count). The van der Waals surface area contributed by atoms with Crippen molar-refractivity contribution in [2.75, 3.05) is 6.54 Å². The topological polar surface area (TPSA) is 77.5 Å². The van der Waals surface area contributed by atoms with E-state index >= 15 is 0 Å². The molecule has 0 saturated carbocycles. The van der Waals surface area contributed by atoms with Gasteiger partial charge in [0.1, 0.15) is 0 Å². The molecule has 1 aromatic carbocycles. The van der Waals surface area contributed by atoms with Crippen molar-refractivity contribution in [3.63, 3.8) is 0 Å². The highest BCUT2D eigenvalue weighted by Gasteiger charge is 2.34. The number of hydrogen-bond acceptors (Lipinski definition) is 4. The van der Waals surface area contributed by atoms with Crippen molar-refractivity contribution in [2.45, 2.75) is 11.2 Å². The summed E-state index contributed by atoms with van der Waals surface area (Å²) in [4.78, 5) is 34.6. The number of carboxylic acid groups (broad SMARTS) is 1. The Labute approximate surface area is 112 Å². The summed E-state index contributed by atoms with van der Waals surface area (Å²) in [6.45, 7) is 0.0518. The lowest BCUT2D eigenvalue weighted by Crippen LogP contribution is -2.37. The molecule has 0 aliphatic carbocycles. The number of imide groups is 1. The number of amides is 2. The smallest absolute Gasteiger partial charge is 0.261 e. The van der Waals surface area contributed by atoms with Gasteiger partial charge in [-0.15, -0.1) is 0 Å². The molecule has 0 radical (unpaired) electrons. The van der Waals surface area contributed by atoms with Crippen LogP contribution in [0, 0.1) is 0 Å². The molecule has 94 valence electrons. The first-order chi connectivity index (χ1) is 8.52. The third-order valence-corrected chi connectivity index (χ3v) is 3.57. The Morgan fingerprint density at radius 3 is 2.17 bits per heavy atom. The van der Waals surface area contributed by atoms with E-state index in [1.807, 2.05) is 0 Å². The largest absolute Gasteiger partial charge is 0.549 e. The van der Waals surface area contributed by atoms with E-state index in [9.17, 15) is 19.5 Å². The fraction of sp³-hybridized carbons (Fsp3) is 0.250. The fourth-order valence-electron chi connectivity index (χ4n) is 1.80. The highest BCUT2D eigenvalue weighted by molar-refractivity contribution is 9.10. The van der Waals surface area contributed by atoms with Gasteiger partial charge in [-0.05, 0) is 18.6 Å².